The molecule has 0 amide bonds. The minimum atomic E-state index is -0.515. The van der Waals surface area contributed by atoms with Gasteiger partial charge >= 0.3 is 0 Å². The molecule has 71 heavy (non-hydrogen) atoms. The Morgan fingerprint density at radius 1 is 0.493 bits per heavy atom. The topological polar surface area (TPSA) is 35.9 Å². The molecule has 0 atom stereocenters. The van der Waals surface area contributed by atoms with Crippen molar-refractivity contribution in [1.29, 1.82) is 0 Å². The Labute approximate surface area is 428 Å². The number of ether oxygens (including phenoxy) is 1. The standard InChI is InChI=1S/C66H58N4O/c1-64(2,3)43-30-28-42(29-31-43)49-25-17-26-56-52-22-12-10-20-50(52)51-21-11-13-23-53(51)57-36-45(66(7,8)9)37-60-63(57)69(62(49)56)41-68(60)46-18-16-19-47(39-46)71-48-32-33-55-54-24-14-15-27-58(54)70(59(55)40-48)61-38-44(34-35-67-61)65(4,5)6/h10-40H,1-9H3/i10D,11D,12D,13D,20D,21D,22D,23D. The van der Waals surface area contributed by atoms with Crippen molar-refractivity contribution in [1.82, 2.24) is 14.1 Å². The van der Waals surface area contributed by atoms with Crippen molar-refractivity contribution < 1.29 is 20.3 Å². The first-order valence-electron chi connectivity index (χ1n) is 28.2. The second-order valence-electron chi connectivity index (χ2n) is 21.7. The number of imidazole rings is 1. The lowest BCUT2D eigenvalue weighted by Crippen LogP contribution is -2.32. The Kier molecular flexibility index (Phi) is 8.25. The summed E-state index contributed by atoms with van der Waals surface area (Å²) >= 11 is 0. The van der Waals surface area contributed by atoms with Crippen LogP contribution >= 0.6 is 0 Å². The van der Waals surface area contributed by atoms with Gasteiger partial charge in [-0.3, -0.25) is 13.7 Å². The third kappa shape index (κ3) is 7.54. The van der Waals surface area contributed by atoms with Gasteiger partial charge in [0.1, 0.15) is 17.3 Å². The average molecular weight is 931 g/mol. The van der Waals surface area contributed by atoms with Crippen LogP contribution in [0.4, 0.5) is 0 Å². The van der Waals surface area contributed by atoms with Crippen LogP contribution in [0, 0.1) is 6.33 Å². The van der Waals surface area contributed by atoms with E-state index in [1.54, 1.807) is 0 Å². The van der Waals surface area contributed by atoms with Gasteiger partial charge in [-0.2, -0.15) is 0 Å². The molecule has 5 heteroatoms. The zero-order valence-electron chi connectivity index (χ0n) is 49.5. The first kappa shape index (κ1) is 36.0. The van der Waals surface area contributed by atoms with Crippen LogP contribution in [-0.4, -0.2) is 14.1 Å². The average Bonchev–Trinajstić information content (AvgIpc) is 3.22. The third-order valence-electron chi connectivity index (χ3n) is 13.9. The van der Waals surface area contributed by atoms with Gasteiger partial charge in [-0.1, -0.05) is 183 Å². The minimum Gasteiger partial charge on any atom is -0.458 e. The molecule has 8 aromatic carbocycles. The van der Waals surface area contributed by atoms with E-state index in [0.717, 1.165) is 49.9 Å². The van der Waals surface area contributed by atoms with Gasteiger partial charge in [0.25, 0.3) is 6.33 Å². The summed E-state index contributed by atoms with van der Waals surface area (Å²) in [7, 11) is 0. The van der Waals surface area contributed by atoms with E-state index in [1.807, 2.05) is 82.1 Å². The molecule has 0 radical (unpaired) electrons. The van der Waals surface area contributed by atoms with E-state index in [4.69, 9.17) is 13.8 Å². The highest BCUT2D eigenvalue weighted by atomic mass is 16.5. The van der Waals surface area contributed by atoms with Gasteiger partial charge in [-0.15, -0.1) is 0 Å². The van der Waals surface area contributed by atoms with Crippen molar-refractivity contribution in [2.75, 3.05) is 0 Å². The van der Waals surface area contributed by atoms with E-state index in [-0.39, 0.29) is 45.2 Å². The van der Waals surface area contributed by atoms with E-state index in [9.17, 15) is 6.85 Å². The zero-order chi connectivity index (χ0) is 55.9. The highest BCUT2D eigenvalue weighted by Gasteiger charge is 2.29. The molecule has 0 spiro atoms. The Morgan fingerprint density at radius 2 is 1.11 bits per heavy atom. The molecule has 0 bridgehead atoms. The fourth-order valence-corrected chi connectivity index (χ4v) is 10.1. The fourth-order valence-electron chi connectivity index (χ4n) is 10.1. The lowest BCUT2D eigenvalue weighted by Gasteiger charge is -2.23. The molecule has 0 N–H and O–H groups in total. The Balaban J connectivity index is 1.14. The number of pyridine rings is 1. The van der Waals surface area contributed by atoms with E-state index in [0.29, 0.717) is 45.0 Å². The molecular weight excluding hydrogens is 865 g/mol. The summed E-state index contributed by atoms with van der Waals surface area (Å²) in [6, 6.07) is 41.1. The maximum Gasteiger partial charge on any atom is 0.269 e. The van der Waals surface area contributed by atoms with Crippen molar-refractivity contribution in [3.63, 3.8) is 0 Å². The van der Waals surface area contributed by atoms with Crippen molar-refractivity contribution in [3.05, 3.63) is 211 Å². The predicted molar refractivity (Wildman–Crippen MR) is 294 cm³/mol. The Bertz CT molecular complexity index is 4380. The largest absolute Gasteiger partial charge is 0.458 e. The summed E-state index contributed by atoms with van der Waals surface area (Å²) in [6.45, 7) is 19.3. The minimum absolute atomic E-state index is 0.0134. The number of rotatable bonds is 5. The number of para-hydroxylation sites is 2. The molecule has 348 valence electrons. The van der Waals surface area contributed by atoms with Crippen LogP contribution in [-0.2, 0) is 16.2 Å². The van der Waals surface area contributed by atoms with Gasteiger partial charge in [0.05, 0.1) is 44.4 Å². The lowest BCUT2D eigenvalue weighted by molar-refractivity contribution is -0.570. The second-order valence-corrected chi connectivity index (χ2v) is 21.7. The van der Waals surface area contributed by atoms with Gasteiger partial charge in [-0.05, 0) is 132 Å². The molecule has 11 aromatic rings. The van der Waals surface area contributed by atoms with Crippen molar-refractivity contribution in [2.45, 2.75) is 78.6 Å². The molecule has 3 aromatic heterocycles. The van der Waals surface area contributed by atoms with Gasteiger partial charge in [0.2, 0.25) is 0 Å². The fraction of sp³-hybridized carbons (Fsp3) is 0.182. The van der Waals surface area contributed by atoms with Crippen molar-refractivity contribution in [3.8, 4) is 73.2 Å². The maximum atomic E-state index is 9.80. The van der Waals surface area contributed by atoms with Gasteiger partial charge in [0.15, 0.2) is 0 Å². The van der Waals surface area contributed by atoms with Crippen molar-refractivity contribution in [2.24, 2.45) is 0 Å². The molecule has 0 fully saturated rings. The molecule has 0 saturated carbocycles. The number of hydrogen-bond donors (Lipinski definition) is 0. The monoisotopic (exact) mass is 931 g/mol. The first-order valence-corrected chi connectivity index (χ1v) is 24.2. The molecule has 0 aliphatic carbocycles. The normalized spacial score (nSPS) is 14.2. The van der Waals surface area contributed by atoms with Gasteiger partial charge in [-0.25, -0.2) is 4.98 Å². The van der Waals surface area contributed by atoms with E-state index in [1.165, 1.54) is 5.56 Å². The number of hydrogen-bond acceptors (Lipinski definition) is 2. The Morgan fingerprint density at radius 3 is 1.82 bits per heavy atom. The summed E-state index contributed by atoms with van der Waals surface area (Å²) in [4.78, 5) is 4.89. The molecule has 0 saturated heterocycles. The summed E-state index contributed by atoms with van der Waals surface area (Å²) in [6.07, 6.45) is 5.63. The molecule has 12 rings (SSSR count). The second kappa shape index (κ2) is 16.3. The highest BCUT2D eigenvalue weighted by Crippen LogP contribution is 2.46. The first-order chi connectivity index (χ1) is 37.4. The third-order valence-corrected chi connectivity index (χ3v) is 13.9. The van der Waals surface area contributed by atoms with Crippen LogP contribution in [0.15, 0.2) is 188 Å². The predicted octanol–water partition coefficient (Wildman–Crippen LogP) is 16.9. The SMILES string of the molecule is [2H]c1c([2H])c([2H])c2c(c1[2H])-c1cccc(-c3ccc(C(C)(C)C)cc3)c1-[n+]1[c-]n(-c3cccc(Oc4ccc5c6ccccc6n(-c6cc(C(C)(C)C)ccn6)c5c4)c3)c3cc(C(C)(C)C)cc(c31)-c1c([2H])c([2H])c([2H])c([2H])c1-2. The molecule has 4 heterocycles. The van der Waals surface area contributed by atoms with E-state index in [2.05, 4.69) is 140 Å². The Hall–Kier alpha value is -8.02. The molecule has 1 aliphatic rings. The van der Waals surface area contributed by atoms with Crippen LogP contribution in [0.1, 0.15) is 90.0 Å². The molecular formula is C66H58N4O. The summed E-state index contributed by atoms with van der Waals surface area (Å²) in [5.74, 6) is 1.97. The van der Waals surface area contributed by atoms with Crippen molar-refractivity contribution >= 4 is 32.8 Å². The maximum absolute atomic E-state index is 9.80. The summed E-state index contributed by atoms with van der Waals surface area (Å²) in [5.41, 5.74) is 9.47. The number of benzene rings is 8. The number of nitrogens with zero attached hydrogens (tertiary/aromatic N) is 4. The molecule has 0 unspecified atom stereocenters. The van der Waals surface area contributed by atoms with Gasteiger partial charge in [0, 0.05) is 23.0 Å². The summed E-state index contributed by atoms with van der Waals surface area (Å²) < 4.78 is 88.2. The molecule has 1 aliphatic heterocycles. The zero-order valence-corrected chi connectivity index (χ0v) is 41.5. The number of aromatic nitrogens is 4. The van der Waals surface area contributed by atoms with Crippen LogP contribution in [0.3, 0.4) is 0 Å². The smallest absolute Gasteiger partial charge is 0.269 e. The quantitative estimate of drug-likeness (QED) is 0.127. The van der Waals surface area contributed by atoms with Crippen LogP contribution in [0.25, 0.3) is 94.5 Å². The van der Waals surface area contributed by atoms with E-state index >= 15 is 0 Å². The number of fused-ring (bicyclic) bond motifs is 10. The van der Waals surface area contributed by atoms with E-state index < -0.39 is 41.7 Å². The van der Waals surface area contributed by atoms with Crippen LogP contribution in [0.2, 0.25) is 0 Å². The summed E-state index contributed by atoms with van der Waals surface area (Å²) in [5, 5.41) is 2.16. The lowest BCUT2D eigenvalue weighted by atomic mass is 9.83. The highest BCUT2D eigenvalue weighted by molar-refractivity contribution is 6.09. The van der Waals surface area contributed by atoms with Crippen LogP contribution < -0.4 is 9.30 Å². The van der Waals surface area contributed by atoms with Crippen LogP contribution in [0.5, 0.6) is 11.5 Å². The molecule has 5 nitrogen and oxygen atoms in total. The van der Waals surface area contributed by atoms with Gasteiger partial charge < -0.3 is 4.74 Å².